The molecule has 10 nitrogen and oxygen atoms in total. The molecule has 3 N–H and O–H groups in total. The third-order valence-electron chi connectivity index (χ3n) is 10.2. The summed E-state index contributed by atoms with van der Waals surface area (Å²) in [5.41, 5.74) is 3.19. The lowest BCUT2D eigenvalue weighted by atomic mass is 9.75. The summed E-state index contributed by atoms with van der Waals surface area (Å²) in [6.07, 6.45) is 7.51. The van der Waals surface area contributed by atoms with Crippen LogP contribution in [0.4, 0.5) is 0 Å². The van der Waals surface area contributed by atoms with E-state index in [9.17, 15) is 24.6 Å². The first-order chi connectivity index (χ1) is 23.7. The van der Waals surface area contributed by atoms with Gasteiger partial charge in [0, 0.05) is 41.6 Å². The van der Waals surface area contributed by atoms with E-state index in [1.165, 1.54) is 7.11 Å². The lowest BCUT2D eigenvalue weighted by Gasteiger charge is -2.32. The number of aliphatic hydroxyl groups excluding tert-OH is 1. The van der Waals surface area contributed by atoms with Crippen molar-refractivity contribution in [3.05, 3.63) is 69.6 Å². The van der Waals surface area contributed by atoms with Crippen LogP contribution in [-0.2, 0) is 32.1 Å². The van der Waals surface area contributed by atoms with E-state index in [0.29, 0.717) is 60.2 Å². The Morgan fingerprint density at radius 3 is 2.65 bits per heavy atom. The highest BCUT2D eigenvalue weighted by Gasteiger charge is 2.45. The van der Waals surface area contributed by atoms with Gasteiger partial charge in [0.25, 0.3) is 0 Å². The summed E-state index contributed by atoms with van der Waals surface area (Å²) in [4.78, 5) is 43.0. The van der Waals surface area contributed by atoms with E-state index in [4.69, 9.17) is 18.9 Å². The van der Waals surface area contributed by atoms with Crippen LogP contribution in [0.1, 0.15) is 100 Å². The van der Waals surface area contributed by atoms with Gasteiger partial charge >= 0.3 is 5.97 Å². The molecule has 2 aromatic carbocycles. The molecule has 0 amide bonds. The Bertz CT molecular complexity index is 1850. The van der Waals surface area contributed by atoms with Gasteiger partial charge in [0.1, 0.15) is 29.1 Å². The predicted molar refractivity (Wildman–Crippen MR) is 184 cm³/mol. The average Bonchev–Trinajstić information content (AvgIpc) is 3.76. The maximum atomic E-state index is 13.5. The van der Waals surface area contributed by atoms with Crippen LogP contribution in [0.25, 0.3) is 16.5 Å². The first-order valence-electron chi connectivity index (χ1n) is 17.3. The molecule has 49 heavy (non-hydrogen) atoms. The van der Waals surface area contributed by atoms with E-state index >= 15 is 0 Å². The van der Waals surface area contributed by atoms with Gasteiger partial charge < -0.3 is 34.1 Å². The molecule has 1 aromatic heterocycles. The zero-order valence-electron chi connectivity index (χ0n) is 28.6. The quantitative estimate of drug-likeness (QED) is 0.113. The number of rotatable bonds is 12. The second kappa shape index (κ2) is 14.2. The number of aromatic amines is 1. The van der Waals surface area contributed by atoms with Gasteiger partial charge in [-0.15, -0.1) is 0 Å². The van der Waals surface area contributed by atoms with Crippen molar-refractivity contribution in [3.63, 3.8) is 0 Å². The van der Waals surface area contributed by atoms with Crippen molar-refractivity contribution in [3.8, 4) is 17.2 Å². The molecule has 1 saturated carbocycles. The molecule has 0 saturated heterocycles. The second-order valence-corrected chi connectivity index (χ2v) is 13.4. The number of aldehydes is 1. The normalized spacial score (nSPS) is 21.5. The number of hydrogen-bond acceptors (Lipinski definition) is 9. The molecule has 6 rings (SSSR count). The minimum absolute atomic E-state index is 0.00402. The Labute approximate surface area is 286 Å². The summed E-state index contributed by atoms with van der Waals surface area (Å²) in [7, 11) is 1.51. The number of Topliss-reactive ketones (excluding diaryl/α,β-unsaturated/α-hetero) is 1. The molecule has 1 fully saturated rings. The zero-order valence-corrected chi connectivity index (χ0v) is 28.6. The van der Waals surface area contributed by atoms with E-state index in [0.717, 1.165) is 47.7 Å². The molecule has 1 aliphatic carbocycles. The van der Waals surface area contributed by atoms with Crippen LogP contribution in [0.2, 0.25) is 0 Å². The molecular formula is C39H45NO9. The van der Waals surface area contributed by atoms with E-state index in [1.807, 2.05) is 30.5 Å². The molecule has 0 spiro atoms. The van der Waals surface area contributed by atoms with Crippen LogP contribution < -0.4 is 14.2 Å². The van der Waals surface area contributed by atoms with Gasteiger partial charge in [-0.25, -0.2) is 4.79 Å². The van der Waals surface area contributed by atoms with Gasteiger partial charge in [-0.1, -0.05) is 44.2 Å². The largest absolute Gasteiger partial charge is 0.496 e. The summed E-state index contributed by atoms with van der Waals surface area (Å²) in [6.45, 7) is 5.10. The summed E-state index contributed by atoms with van der Waals surface area (Å²) >= 11 is 0. The number of hydrogen-bond donors (Lipinski definition) is 3. The summed E-state index contributed by atoms with van der Waals surface area (Å²) < 4.78 is 24.1. The number of aliphatic hydroxyl groups is 2. The fraction of sp³-hybridized carbons (Fsp3) is 0.462. The maximum Gasteiger partial charge on any atom is 0.375 e. The van der Waals surface area contributed by atoms with E-state index in [1.54, 1.807) is 13.8 Å². The zero-order chi connectivity index (χ0) is 34.9. The van der Waals surface area contributed by atoms with Crippen molar-refractivity contribution in [1.29, 1.82) is 0 Å². The van der Waals surface area contributed by atoms with Gasteiger partial charge in [0.15, 0.2) is 6.29 Å². The van der Waals surface area contributed by atoms with Gasteiger partial charge in [0.2, 0.25) is 5.76 Å². The SMILES string of the molecule is CCCCCC[C@](C)(O)[C@@H]1Cc2c(c(CO)c3c(c2OC)C(=C2CCC(=O)[C@H](c4ccc5[nH]ccc5c4)C2)C(C=O)=C(C(=O)OCC)O3)O1. The molecule has 2 aliphatic heterocycles. The molecular weight excluding hydrogens is 626 g/mol. The Morgan fingerprint density at radius 2 is 1.94 bits per heavy atom. The summed E-state index contributed by atoms with van der Waals surface area (Å²) in [5, 5.41) is 23.4. The van der Waals surface area contributed by atoms with Crippen LogP contribution in [0.5, 0.6) is 17.2 Å². The van der Waals surface area contributed by atoms with E-state index < -0.39 is 30.2 Å². The Kier molecular flexibility index (Phi) is 9.99. The van der Waals surface area contributed by atoms with Crippen LogP contribution in [-0.4, -0.2) is 58.7 Å². The molecule has 3 atom stereocenters. The monoisotopic (exact) mass is 671 g/mol. The van der Waals surface area contributed by atoms with Gasteiger partial charge in [0.05, 0.1) is 42.6 Å². The van der Waals surface area contributed by atoms with Gasteiger partial charge in [-0.05, 0) is 62.3 Å². The Balaban J connectivity index is 1.52. The number of aromatic nitrogens is 1. The number of carbonyl (C=O) groups is 3. The molecule has 10 heteroatoms. The number of H-pyrrole nitrogens is 1. The smallest absolute Gasteiger partial charge is 0.375 e. The van der Waals surface area contributed by atoms with Gasteiger partial charge in [-0.2, -0.15) is 0 Å². The van der Waals surface area contributed by atoms with E-state index in [2.05, 4.69) is 11.9 Å². The molecule has 0 bridgehead atoms. The number of ketones is 1. The standard InChI is InChI=1S/C39H45NO9/c1-5-7-8-9-15-39(3,45)31-19-26-34(48-31)28(21-42)36-33(35(26)46-4)32(27(20-41)37(49-36)38(44)47-6-2)24-11-13-30(43)25(18-24)22-10-12-29-23(17-22)14-16-40-29/h10,12,14,16-17,20,25,31,40,42,45H,5-9,11,13,15,18-19,21H2,1-4H3/t25-,31-,39-/m0/s1. The number of unbranched alkanes of at least 4 members (excludes halogenated alkanes) is 3. The van der Waals surface area contributed by atoms with Crippen molar-refractivity contribution < 1.29 is 43.5 Å². The van der Waals surface area contributed by atoms with Crippen LogP contribution in [0.3, 0.4) is 0 Å². The number of benzene rings is 2. The number of methoxy groups -OCH3 is 1. The van der Waals surface area contributed by atoms with Crippen molar-refractivity contribution in [1.82, 2.24) is 4.98 Å². The van der Waals surface area contributed by atoms with Crippen LogP contribution in [0.15, 0.2) is 47.4 Å². The lowest BCUT2D eigenvalue weighted by Crippen LogP contribution is -2.42. The summed E-state index contributed by atoms with van der Waals surface area (Å²) in [5.74, 6) is -0.694. The topological polar surface area (TPSA) is 144 Å². The highest BCUT2D eigenvalue weighted by molar-refractivity contribution is 6.11. The van der Waals surface area contributed by atoms with Crippen molar-refractivity contribution >= 4 is 34.5 Å². The average molecular weight is 672 g/mol. The first kappa shape index (κ1) is 34.5. The van der Waals surface area contributed by atoms with E-state index in [-0.39, 0.29) is 41.5 Å². The Morgan fingerprint density at radius 1 is 1.12 bits per heavy atom. The molecule has 260 valence electrons. The molecule has 0 radical (unpaired) electrons. The van der Waals surface area contributed by atoms with Crippen molar-refractivity contribution in [2.24, 2.45) is 0 Å². The van der Waals surface area contributed by atoms with Gasteiger partial charge in [-0.3, -0.25) is 9.59 Å². The van der Waals surface area contributed by atoms with Crippen LogP contribution >= 0.6 is 0 Å². The molecule has 3 aliphatic rings. The number of ether oxygens (including phenoxy) is 4. The molecule has 0 unspecified atom stereocenters. The lowest BCUT2D eigenvalue weighted by molar-refractivity contribution is -0.141. The maximum absolute atomic E-state index is 13.5. The highest BCUT2D eigenvalue weighted by atomic mass is 16.6. The second-order valence-electron chi connectivity index (χ2n) is 13.4. The Hall–Kier alpha value is -4.41. The van der Waals surface area contributed by atoms with Crippen molar-refractivity contribution in [2.45, 2.75) is 103 Å². The third kappa shape index (κ3) is 6.28. The molecule has 3 heterocycles. The first-order valence-corrected chi connectivity index (χ1v) is 17.3. The van der Waals surface area contributed by atoms with Crippen LogP contribution in [0, 0.1) is 0 Å². The third-order valence-corrected chi connectivity index (χ3v) is 10.2. The minimum Gasteiger partial charge on any atom is -0.496 e. The fourth-order valence-electron chi connectivity index (χ4n) is 7.58. The fourth-order valence-corrected chi connectivity index (χ4v) is 7.58. The van der Waals surface area contributed by atoms with Crippen molar-refractivity contribution in [2.75, 3.05) is 13.7 Å². The molecule has 3 aromatic rings. The minimum atomic E-state index is -1.17. The summed E-state index contributed by atoms with van der Waals surface area (Å²) in [6, 6.07) is 7.85. The predicted octanol–water partition coefficient (Wildman–Crippen LogP) is 6.39. The number of nitrogens with one attached hydrogen (secondary N) is 1. The number of fused-ring (bicyclic) bond motifs is 3. The number of carbonyl (C=O) groups excluding carboxylic acids is 3. The number of allylic oxidation sites excluding steroid dienone is 3. The highest BCUT2D eigenvalue weighted by Crippen LogP contribution is 2.56. The number of esters is 1.